The van der Waals surface area contributed by atoms with Gasteiger partial charge in [-0.3, -0.25) is 24.0 Å². The van der Waals surface area contributed by atoms with Gasteiger partial charge in [-0.2, -0.15) is 5.10 Å². The summed E-state index contributed by atoms with van der Waals surface area (Å²) < 4.78 is 7.76. The van der Waals surface area contributed by atoms with Crippen LogP contribution in [0.15, 0.2) is 55.1 Å². The first-order valence-electron chi connectivity index (χ1n) is 15.1. The highest BCUT2D eigenvalue weighted by atomic mass is 16.5. The predicted molar refractivity (Wildman–Crippen MR) is 160 cm³/mol. The molecule has 0 radical (unpaired) electrons. The molecule has 43 heavy (non-hydrogen) atoms. The number of amides is 3. The summed E-state index contributed by atoms with van der Waals surface area (Å²) in [6, 6.07) is 9.24. The summed E-state index contributed by atoms with van der Waals surface area (Å²) in [6.45, 7) is 3.39. The molecule has 2 aromatic heterocycles. The van der Waals surface area contributed by atoms with Crippen molar-refractivity contribution in [3.05, 3.63) is 72.1 Å². The molecule has 0 N–H and O–H groups in total. The molecule has 1 saturated heterocycles. The van der Waals surface area contributed by atoms with Crippen LogP contribution in [0.4, 0.5) is 0 Å². The van der Waals surface area contributed by atoms with Crippen LogP contribution in [0.2, 0.25) is 0 Å². The first-order chi connectivity index (χ1) is 20.8. The standard InChI is InChI=1S/C32H41N7O4/c1-36-24-32(12-19-38(20-13-32)29(40)9-8-26-10-14-35-37(26)2)11-4-17-39(31(42)28-23-33-15-16-34-28)18-5-21-43-27-7-3-6-25(22-27)30(36)41/h3,6-7,10,14-16,22-23H,4-5,8-9,11-13,17-21,24H2,1-2H3. The summed E-state index contributed by atoms with van der Waals surface area (Å²) in [4.78, 5) is 53.9. The van der Waals surface area contributed by atoms with Gasteiger partial charge in [0.25, 0.3) is 11.8 Å². The second kappa shape index (κ2) is 13.8. The number of fused-ring (bicyclic) bond motifs is 2. The van der Waals surface area contributed by atoms with Crippen molar-refractivity contribution in [2.24, 2.45) is 12.5 Å². The molecule has 0 atom stereocenters. The van der Waals surface area contributed by atoms with Gasteiger partial charge < -0.3 is 19.4 Å². The van der Waals surface area contributed by atoms with Crippen LogP contribution in [-0.4, -0.2) is 98.5 Å². The van der Waals surface area contributed by atoms with E-state index < -0.39 is 0 Å². The minimum atomic E-state index is -0.168. The molecule has 1 spiro atoms. The lowest BCUT2D eigenvalue weighted by Crippen LogP contribution is -2.48. The first-order valence-corrected chi connectivity index (χ1v) is 15.1. The van der Waals surface area contributed by atoms with Gasteiger partial charge in [0, 0.05) is 83.1 Å². The van der Waals surface area contributed by atoms with Gasteiger partial charge >= 0.3 is 0 Å². The molecule has 3 aromatic rings. The number of carbonyl (C=O) groups excluding carboxylic acids is 3. The number of aryl methyl sites for hydroxylation is 2. The van der Waals surface area contributed by atoms with Crippen LogP contribution in [0.1, 0.15) is 65.1 Å². The van der Waals surface area contributed by atoms with Crippen LogP contribution in [-0.2, 0) is 18.3 Å². The zero-order valence-corrected chi connectivity index (χ0v) is 25.2. The van der Waals surface area contributed by atoms with Gasteiger partial charge in [-0.15, -0.1) is 0 Å². The molecule has 2 aliphatic heterocycles. The molecular weight excluding hydrogens is 546 g/mol. The summed E-state index contributed by atoms with van der Waals surface area (Å²) in [7, 11) is 3.74. The van der Waals surface area contributed by atoms with E-state index in [0.717, 1.165) is 31.4 Å². The van der Waals surface area contributed by atoms with E-state index in [0.29, 0.717) is 75.6 Å². The number of ether oxygens (including phenoxy) is 1. The Morgan fingerprint density at radius 2 is 1.77 bits per heavy atom. The molecule has 0 unspecified atom stereocenters. The quantitative estimate of drug-likeness (QED) is 0.461. The molecule has 11 heteroatoms. The lowest BCUT2D eigenvalue weighted by molar-refractivity contribution is -0.133. The molecule has 0 saturated carbocycles. The van der Waals surface area contributed by atoms with Crippen LogP contribution < -0.4 is 4.74 Å². The lowest BCUT2D eigenvalue weighted by atomic mass is 9.74. The Morgan fingerprint density at radius 1 is 0.953 bits per heavy atom. The Kier molecular flexibility index (Phi) is 9.68. The zero-order valence-electron chi connectivity index (χ0n) is 25.2. The third-order valence-corrected chi connectivity index (χ3v) is 8.74. The zero-order chi connectivity index (χ0) is 30.2. The third-order valence-electron chi connectivity index (χ3n) is 8.74. The molecular formula is C32H41N7O4. The number of hydrogen-bond acceptors (Lipinski definition) is 7. The summed E-state index contributed by atoms with van der Waals surface area (Å²) in [6.07, 6.45) is 11.3. The molecule has 228 valence electrons. The Morgan fingerprint density at radius 3 is 2.51 bits per heavy atom. The maximum absolute atomic E-state index is 13.5. The van der Waals surface area contributed by atoms with Crippen molar-refractivity contribution in [2.75, 3.05) is 46.4 Å². The first kappa shape index (κ1) is 30.2. The van der Waals surface area contributed by atoms with Crippen molar-refractivity contribution >= 4 is 17.7 Å². The summed E-state index contributed by atoms with van der Waals surface area (Å²) in [5.41, 5.74) is 1.79. The highest BCUT2D eigenvalue weighted by molar-refractivity contribution is 5.94. The molecule has 1 fully saturated rings. The van der Waals surface area contributed by atoms with Gasteiger partial charge in [-0.1, -0.05) is 6.07 Å². The van der Waals surface area contributed by atoms with E-state index >= 15 is 0 Å². The van der Waals surface area contributed by atoms with Crippen molar-refractivity contribution in [1.82, 2.24) is 34.4 Å². The second-order valence-corrected chi connectivity index (χ2v) is 11.7. The van der Waals surface area contributed by atoms with E-state index in [4.69, 9.17) is 4.74 Å². The number of benzene rings is 1. The van der Waals surface area contributed by atoms with Crippen LogP contribution in [0.25, 0.3) is 0 Å². The summed E-state index contributed by atoms with van der Waals surface area (Å²) in [5, 5.41) is 4.20. The molecule has 3 amide bonds. The highest BCUT2D eigenvalue weighted by Crippen LogP contribution is 2.38. The monoisotopic (exact) mass is 587 g/mol. The number of likely N-dealkylation sites (tertiary alicyclic amines) is 1. The molecule has 11 nitrogen and oxygen atoms in total. The number of aromatic nitrogens is 4. The van der Waals surface area contributed by atoms with Crippen molar-refractivity contribution in [3.63, 3.8) is 0 Å². The normalized spacial score (nSPS) is 18.1. The molecule has 1 aromatic carbocycles. The van der Waals surface area contributed by atoms with Gasteiger partial charge in [0.2, 0.25) is 5.91 Å². The smallest absolute Gasteiger partial charge is 0.274 e. The molecule has 4 heterocycles. The number of nitrogens with zero attached hydrogens (tertiary/aromatic N) is 7. The van der Waals surface area contributed by atoms with Gasteiger partial charge in [-0.25, -0.2) is 4.98 Å². The SMILES string of the molecule is CN1CC2(CCCN(C(=O)c3cnccn3)CCCOc3cccc(c3)C1=O)CCN(C(=O)CCc1ccnn1C)CC2. The Hall–Kier alpha value is -4.28. The minimum absolute atomic E-state index is 0.0474. The van der Waals surface area contributed by atoms with Gasteiger partial charge in [0.1, 0.15) is 11.4 Å². The van der Waals surface area contributed by atoms with Crippen LogP contribution in [0.5, 0.6) is 5.75 Å². The Labute approximate surface area is 252 Å². The van der Waals surface area contributed by atoms with Gasteiger partial charge in [0.15, 0.2) is 0 Å². The summed E-state index contributed by atoms with van der Waals surface area (Å²) in [5.74, 6) is 0.590. The van der Waals surface area contributed by atoms with E-state index in [2.05, 4.69) is 15.1 Å². The van der Waals surface area contributed by atoms with Crippen molar-refractivity contribution < 1.29 is 19.1 Å². The number of carbonyl (C=O) groups is 3. The third kappa shape index (κ3) is 7.57. The largest absolute Gasteiger partial charge is 0.494 e. The predicted octanol–water partition coefficient (Wildman–Crippen LogP) is 3.23. The fourth-order valence-electron chi connectivity index (χ4n) is 6.25. The molecule has 2 bridgehead atoms. The van der Waals surface area contributed by atoms with E-state index in [1.807, 2.05) is 52.8 Å². The highest BCUT2D eigenvalue weighted by Gasteiger charge is 2.38. The molecule has 5 rings (SSSR count). The lowest BCUT2D eigenvalue weighted by Gasteiger charge is -2.44. The fourth-order valence-corrected chi connectivity index (χ4v) is 6.25. The van der Waals surface area contributed by atoms with Crippen molar-refractivity contribution in [3.8, 4) is 5.75 Å². The van der Waals surface area contributed by atoms with Crippen LogP contribution >= 0.6 is 0 Å². The van der Waals surface area contributed by atoms with E-state index in [1.54, 1.807) is 23.4 Å². The molecule has 0 aliphatic carbocycles. The fraction of sp³-hybridized carbons (Fsp3) is 0.500. The Bertz CT molecular complexity index is 1400. The second-order valence-electron chi connectivity index (χ2n) is 11.7. The average molecular weight is 588 g/mol. The van der Waals surface area contributed by atoms with Crippen molar-refractivity contribution in [2.45, 2.75) is 44.9 Å². The number of piperidine rings is 1. The Balaban J connectivity index is 1.31. The number of rotatable bonds is 4. The van der Waals surface area contributed by atoms with E-state index in [-0.39, 0.29) is 23.1 Å². The summed E-state index contributed by atoms with van der Waals surface area (Å²) >= 11 is 0. The number of hydrogen-bond donors (Lipinski definition) is 0. The van der Waals surface area contributed by atoms with Gasteiger partial charge in [-0.05, 0) is 68.2 Å². The maximum Gasteiger partial charge on any atom is 0.274 e. The topological polar surface area (TPSA) is 114 Å². The minimum Gasteiger partial charge on any atom is -0.494 e. The molecule has 2 aliphatic rings. The van der Waals surface area contributed by atoms with E-state index in [9.17, 15) is 14.4 Å². The van der Waals surface area contributed by atoms with E-state index in [1.165, 1.54) is 12.4 Å². The van der Waals surface area contributed by atoms with Crippen molar-refractivity contribution in [1.29, 1.82) is 0 Å². The van der Waals surface area contributed by atoms with Crippen LogP contribution in [0, 0.1) is 5.41 Å². The average Bonchev–Trinajstić information content (AvgIpc) is 3.45. The van der Waals surface area contributed by atoms with Gasteiger partial charge in [0.05, 0.1) is 12.8 Å². The maximum atomic E-state index is 13.5. The van der Waals surface area contributed by atoms with Crippen LogP contribution in [0.3, 0.4) is 0 Å².